The van der Waals surface area contributed by atoms with Gasteiger partial charge in [0.15, 0.2) is 0 Å². The Morgan fingerprint density at radius 2 is 1.81 bits per heavy atom. The second-order valence-electron chi connectivity index (χ2n) is 6.14. The van der Waals surface area contributed by atoms with Crippen LogP contribution in [0.2, 0.25) is 0 Å². The van der Waals surface area contributed by atoms with E-state index in [2.05, 4.69) is 10.0 Å². The van der Waals surface area contributed by atoms with Crippen molar-refractivity contribution in [3.8, 4) is 5.75 Å². The number of hydrogen-bond donors (Lipinski definition) is 2. The third-order valence-electron chi connectivity index (χ3n) is 3.55. The Morgan fingerprint density at radius 3 is 2.44 bits per heavy atom. The molecule has 2 N–H and O–H groups in total. The predicted octanol–water partition coefficient (Wildman–Crippen LogP) is 2.45. The van der Waals surface area contributed by atoms with Crippen LogP contribution in [0.4, 0.5) is 5.69 Å². The fourth-order valence-electron chi connectivity index (χ4n) is 2.34. The Kier molecular flexibility index (Phi) is 7.28. The minimum atomic E-state index is -3.70. The summed E-state index contributed by atoms with van der Waals surface area (Å²) in [6, 6.07) is 12.5. The van der Waals surface area contributed by atoms with E-state index in [0.29, 0.717) is 13.1 Å². The van der Waals surface area contributed by atoms with Gasteiger partial charge < -0.3 is 10.1 Å². The SMILES string of the molecule is CC(C)Oc1cccc(CNCCNS(=O)(=O)c2ccc([N+](=O)[O-])cc2)c1. The average Bonchev–Trinajstić information content (AvgIpc) is 2.61. The van der Waals surface area contributed by atoms with Crippen molar-refractivity contribution in [3.05, 3.63) is 64.2 Å². The Hall–Kier alpha value is -2.49. The zero-order valence-corrected chi connectivity index (χ0v) is 16.0. The van der Waals surface area contributed by atoms with Crippen LogP contribution in [0.3, 0.4) is 0 Å². The van der Waals surface area contributed by atoms with Crippen molar-refractivity contribution in [3.63, 3.8) is 0 Å². The molecule has 0 bridgehead atoms. The zero-order chi connectivity index (χ0) is 19.9. The summed E-state index contributed by atoms with van der Waals surface area (Å²) in [4.78, 5) is 10.0. The van der Waals surface area contributed by atoms with Gasteiger partial charge in [-0.05, 0) is 43.7 Å². The number of nitro benzene ring substituents is 1. The maximum atomic E-state index is 12.2. The second kappa shape index (κ2) is 9.45. The Balaban J connectivity index is 1.80. The third kappa shape index (κ3) is 6.63. The summed E-state index contributed by atoms with van der Waals surface area (Å²) >= 11 is 0. The van der Waals surface area contributed by atoms with Gasteiger partial charge in [-0.2, -0.15) is 0 Å². The van der Waals surface area contributed by atoms with Crippen LogP contribution in [-0.2, 0) is 16.6 Å². The first-order chi connectivity index (χ1) is 12.8. The quantitative estimate of drug-likeness (QED) is 0.364. The van der Waals surface area contributed by atoms with Crippen LogP contribution < -0.4 is 14.8 Å². The molecule has 9 heteroatoms. The lowest BCUT2D eigenvalue weighted by Crippen LogP contribution is -2.31. The number of hydrogen-bond acceptors (Lipinski definition) is 6. The average molecular weight is 393 g/mol. The van der Waals surface area contributed by atoms with E-state index in [-0.39, 0.29) is 23.2 Å². The van der Waals surface area contributed by atoms with Gasteiger partial charge in [0, 0.05) is 31.8 Å². The van der Waals surface area contributed by atoms with Gasteiger partial charge in [0.2, 0.25) is 10.0 Å². The molecule has 0 aliphatic heterocycles. The maximum Gasteiger partial charge on any atom is 0.269 e. The van der Waals surface area contributed by atoms with Gasteiger partial charge in [-0.15, -0.1) is 0 Å². The van der Waals surface area contributed by atoms with Crippen LogP contribution in [0.5, 0.6) is 5.75 Å². The first-order valence-corrected chi connectivity index (χ1v) is 9.96. The number of sulfonamides is 1. The molecule has 0 fully saturated rings. The van der Waals surface area contributed by atoms with Crippen molar-refractivity contribution in [2.75, 3.05) is 13.1 Å². The molecule has 8 nitrogen and oxygen atoms in total. The van der Waals surface area contributed by atoms with Crippen LogP contribution in [0.1, 0.15) is 19.4 Å². The highest BCUT2D eigenvalue weighted by Crippen LogP contribution is 2.16. The van der Waals surface area contributed by atoms with Gasteiger partial charge in [-0.3, -0.25) is 10.1 Å². The summed E-state index contributed by atoms with van der Waals surface area (Å²) < 4.78 is 32.4. The largest absolute Gasteiger partial charge is 0.491 e. The molecule has 0 heterocycles. The van der Waals surface area contributed by atoms with Crippen LogP contribution in [0.15, 0.2) is 53.4 Å². The van der Waals surface area contributed by atoms with Crippen molar-refractivity contribution in [1.82, 2.24) is 10.0 Å². The number of benzene rings is 2. The van der Waals surface area contributed by atoms with E-state index in [0.717, 1.165) is 11.3 Å². The molecule has 0 amide bonds. The van der Waals surface area contributed by atoms with Gasteiger partial charge >= 0.3 is 0 Å². The lowest BCUT2D eigenvalue weighted by atomic mass is 10.2. The van der Waals surface area contributed by atoms with Crippen molar-refractivity contribution in [1.29, 1.82) is 0 Å². The minimum absolute atomic E-state index is 0.00775. The van der Waals surface area contributed by atoms with Crippen molar-refractivity contribution < 1.29 is 18.1 Å². The van der Waals surface area contributed by atoms with Gasteiger partial charge in [-0.25, -0.2) is 13.1 Å². The second-order valence-corrected chi connectivity index (χ2v) is 7.91. The first kappa shape index (κ1) is 20.8. The summed E-state index contributed by atoms with van der Waals surface area (Å²) in [7, 11) is -3.70. The normalized spacial score (nSPS) is 11.5. The zero-order valence-electron chi connectivity index (χ0n) is 15.2. The number of nitrogens with one attached hydrogen (secondary N) is 2. The smallest absolute Gasteiger partial charge is 0.269 e. The molecule has 0 aliphatic carbocycles. The van der Waals surface area contributed by atoms with Crippen LogP contribution in [0.25, 0.3) is 0 Å². The standard InChI is InChI=1S/C18H23N3O5S/c1-14(2)26-17-5-3-4-15(12-17)13-19-10-11-20-27(24,25)18-8-6-16(7-9-18)21(22)23/h3-9,12,14,19-20H,10-11,13H2,1-2H3. The van der Waals surface area contributed by atoms with Gasteiger partial charge in [0.05, 0.1) is 15.9 Å². The topological polar surface area (TPSA) is 111 Å². The van der Waals surface area contributed by atoms with Crippen LogP contribution >= 0.6 is 0 Å². The molecular weight excluding hydrogens is 370 g/mol. The fraction of sp³-hybridized carbons (Fsp3) is 0.333. The summed E-state index contributed by atoms with van der Waals surface area (Å²) in [5.41, 5.74) is 0.880. The molecule has 146 valence electrons. The Morgan fingerprint density at radius 1 is 1.11 bits per heavy atom. The molecule has 0 radical (unpaired) electrons. The highest BCUT2D eigenvalue weighted by molar-refractivity contribution is 7.89. The van der Waals surface area contributed by atoms with Crippen molar-refractivity contribution in [2.45, 2.75) is 31.4 Å². The number of nitrogens with zero attached hydrogens (tertiary/aromatic N) is 1. The highest BCUT2D eigenvalue weighted by Gasteiger charge is 2.15. The highest BCUT2D eigenvalue weighted by atomic mass is 32.2. The first-order valence-electron chi connectivity index (χ1n) is 8.48. The summed E-state index contributed by atoms with van der Waals surface area (Å²) in [5, 5.41) is 13.8. The minimum Gasteiger partial charge on any atom is -0.491 e. The number of rotatable bonds is 10. The molecule has 0 atom stereocenters. The van der Waals surface area contributed by atoms with Crippen LogP contribution in [0, 0.1) is 10.1 Å². The fourth-order valence-corrected chi connectivity index (χ4v) is 3.37. The van der Waals surface area contributed by atoms with E-state index < -0.39 is 14.9 Å². The third-order valence-corrected chi connectivity index (χ3v) is 5.03. The molecule has 0 saturated carbocycles. The van der Waals surface area contributed by atoms with E-state index in [1.54, 1.807) is 0 Å². The van der Waals surface area contributed by atoms with Crippen molar-refractivity contribution >= 4 is 15.7 Å². The van der Waals surface area contributed by atoms with Gasteiger partial charge in [0.25, 0.3) is 5.69 Å². The summed E-state index contributed by atoms with van der Waals surface area (Å²) in [6.45, 7) is 5.13. The summed E-state index contributed by atoms with van der Waals surface area (Å²) in [6.07, 6.45) is 0.0991. The molecule has 0 saturated heterocycles. The van der Waals surface area contributed by atoms with E-state index in [9.17, 15) is 18.5 Å². The van der Waals surface area contributed by atoms with E-state index >= 15 is 0 Å². The molecule has 2 aromatic rings. The summed E-state index contributed by atoms with van der Waals surface area (Å²) in [5.74, 6) is 0.795. The van der Waals surface area contributed by atoms with E-state index in [1.165, 1.54) is 24.3 Å². The lowest BCUT2D eigenvalue weighted by Gasteiger charge is -2.11. The molecule has 2 rings (SSSR count). The molecule has 0 aromatic heterocycles. The monoisotopic (exact) mass is 393 g/mol. The van der Waals surface area contributed by atoms with Crippen LogP contribution in [-0.4, -0.2) is 32.5 Å². The molecule has 0 unspecified atom stereocenters. The van der Waals surface area contributed by atoms with E-state index in [4.69, 9.17) is 4.74 Å². The number of nitro groups is 1. The molecule has 2 aromatic carbocycles. The molecule has 0 aliphatic rings. The number of non-ortho nitro benzene ring substituents is 1. The van der Waals surface area contributed by atoms with Gasteiger partial charge in [0.1, 0.15) is 5.75 Å². The molecular formula is C18H23N3O5S. The lowest BCUT2D eigenvalue weighted by molar-refractivity contribution is -0.384. The Labute approximate surface area is 158 Å². The molecule has 27 heavy (non-hydrogen) atoms. The maximum absolute atomic E-state index is 12.2. The van der Waals surface area contributed by atoms with Crippen molar-refractivity contribution in [2.24, 2.45) is 0 Å². The van der Waals surface area contributed by atoms with E-state index in [1.807, 2.05) is 38.1 Å². The predicted molar refractivity (Wildman–Crippen MR) is 102 cm³/mol. The molecule has 0 spiro atoms. The Bertz CT molecular complexity index is 867. The number of ether oxygens (including phenoxy) is 1. The van der Waals surface area contributed by atoms with Gasteiger partial charge in [-0.1, -0.05) is 12.1 Å².